The van der Waals surface area contributed by atoms with Crippen LogP contribution in [0.25, 0.3) is 11.4 Å². The van der Waals surface area contributed by atoms with E-state index in [4.69, 9.17) is 21.9 Å². The summed E-state index contributed by atoms with van der Waals surface area (Å²) in [7, 11) is 0. The monoisotopic (exact) mass is 362 g/mol. The standard InChI is InChI=1S/C18H23ClN4O2/c1-12-3-2-10-23(15(12)11-20)17(24)9-8-16-21-18(22-25-16)13-4-6-14(19)7-5-13/h4-7,12,15H,2-3,8-11,20H2,1H3. The minimum absolute atomic E-state index is 0.105. The zero-order valence-corrected chi connectivity index (χ0v) is 15.1. The first-order valence-electron chi connectivity index (χ1n) is 8.66. The number of rotatable bonds is 5. The maximum absolute atomic E-state index is 12.6. The summed E-state index contributed by atoms with van der Waals surface area (Å²) in [6.45, 7) is 3.45. The van der Waals surface area contributed by atoms with E-state index in [0.717, 1.165) is 24.9 Å². The smallest absolute Gasteiger partial charge is 0.227 e. The number of aromatic nitrogens is 2. The summed E-state index contributed by atoms with van der Waals surface area (Å²) >= 11 is 5.88. The molecule has 2 atom stereocenters. The number of carbonyl (C=O) groups is 1. The zero-order chi connectivity index (χ0) is 17.8. The van der Waals surface area contributed by atoms with Crippen LogP contribution in [0.15, 0.2) is 28.8 Å². The average molecular weight is 363 g/mol. The highest BCUT2D eigenvalue weighted by molar-refractivity contribution is 6.30. The van der Waals surface area contributed by atoms with Gasteiger partial charge in [-0.25, -0.2) is 0 Å². The van der Waals surface area contributed by atoms with Gasteiger partial charge in [-0.15, -0.1) is 0 Å². The Labute approximate surface area is 152 Å². The molecule has 1 saturated heterocycles. The van der Waals surface area contributed by atoms with E-state index in [2.05, 4.69) is 17.1 Å². The molecule has 6 nitrogen and oxygen atoms in total. The van der Waals surface area contributed by atoms with Crippen LogP contribution in [-0.4, -0.2) is 40.1 Å². The van der Waals surface area contributed by atoms with E-state index in [9.17, 15) is 4.79 Å². The van der Waals surface area contributed by atoms with E-state index in [1.165, 1.54) is 0 Å². The number of carbonyl (C=O) groups excluding carboxylic acids is 1. The molecule has 3 rings (SSSR count). The number of benzene rings is 1. The van der Waals surface area contributed by atoms with Crippen molar-refractivity contribution in [3.05, 3.63) is 35.2 Å². The average Bonchev–Trinajstić information content (AvgIpc) is 3.09. The SMILES string of the molecule is CC1CCCN(C(=O)CCc2nc(-c3ccc(Cl)cc3)no2)C1CN. The Hall–Kier alpha value is -1.92. The third-order valence-electron chi connectivity index (χ3n) is 4.80. The van der Waals surface area contributed by atoms with Crippen molar-refractivity contribution >= 4 is 17.5 Å². The number of likely N-dealkylation sites (tertiary alicyclic amines) is 1. The first kappa shape index (κ1) is 17.9. The van der Waals surface area contributed by atoms with Gasteiger partial charge in [0.15, 0.2) is 0 Å². The second-order valence-electron chi connectivity index (χ2n) is 6.53. The van der Waals surface area contributed by atoms with Crippen molar-refractivity contribution in [1.29, 1.82) is 0 Å². The summed E-state index contributed by atoms with van der Waals surface area (Å²) in [5.74, 6) is 1.52. The Morgan fingerprint density at radius 3 is 2.88 bits per heavy atom. The number of halogens is 1. The zero-order valence-electron chi connectivity index (χ0n) is 14.3. The molecule has 25 heavy (non-hydrogen) atoms. The van der Waals surface area contributed by atoms with Crippen molar-refractivity contribution < 1.29 is 9.32 Å². The molecule has 0 bridgehead atoms. The molecule has 0 radical (unpaired) electrons. The molecular formula is C18H23ClN4O2. The topological polar surface area (TPSA) is 85.2 Å². The molecule has 1 aliphatic rings. The van der Waals surface area contributed by atoms with Crippen LogP contribution in [0, 0.1) is 5.92 Å². The number of nitrogens with zero attached hydrogens (tertiary/aromatic N) is 3. The largest absolute Gasteiger partial charge is 0.339 e. The highest BCUT2D eigenvalue weighted by Crippen LogP contribution is 2.24. The second-order valence-corrected chi connectivity index (χ2v) is 6.96. The van der Waals surface area contributed by atoms with Gasteiger partial charge in [0, 0.05) is 42.6 Å². The molecule has 7 heteroatoms. The van der Waals surface area contributed by atoms with E-state index in [-0.39, 0.29) is 11.9 Å². The molecular weight excluding hydrogens is 340 g/mol. The highest BCUT2D eigenvalue weighted by Gasteiger charge is 2.30. The Balaban J connectivity index is 1.60. The number of hydrogen-bond donors (Lipinski definition) is 1. The lowest BCUT2D eigenvalue weighted by Gasteiger charge is -2.39. The van der Waals surface area contributed by atoms with E-state index in [1.807, 2.05) is 17.0 Å². The van der Waals surface area contributed by atoms with Crippen LogP contribution in [0.4, 0.5) is 0 Å². The molecule has 0 spiro atoms. The Morgan fingerprint density at radius 1 is 1.40 bits per heavy atom. The molecule has 2 unspecified atom stereocenters. The van der Waals surface area contributed by atoms with Gasteiger partial charge in [-0.2, -0.15) is 4.98 Å². The summed E-state index contributed by atoms with van der Waals surface area (Å²) in [5, 5.41) is 4.63. The van der Waals surface area contributed by atoms with Crippen molar-refractivity contribution in [3.8, 4) is 11.4 Å². The van der Waals surface area contributed by atoms with Crippen molar-refractivity contribution in [1.82, 2.24) is 15.0 Å². The van der Waals surface area contributed by atoms with Crippen molar-refractivity contribution in [2.24, 2.45) is 11.7 Å². The van der Waals surface area contributed by atoms with Gasteiger partial charge in [-0.3, -0.25) is 4.79 Å². The number of hydrogen-bond acceptors (Lipinski definition) is 5. The van der Waals surface area contributed by atoms with Crippen LogP contribution < -0.4 is 5.73 Å². The van der Waals surface area contributed by atoms with Gasteiger partial charge in [0.05, 0.1) is 0 Å². The normalized spacial score (nSPS) is 20.7. The lowest BCUT2D eigenvalue weighted by atomic mass is 9.90. The van der Waals surface area contributed by atoms with Crippen LogP contribution in [-0.2, 0) is 11.2 Å². The lowest BCUT2D eigenvalue weighted by Crippen LogP contribution is -2.51. The highest BCUT2D eigenvalue weighted by atomic mass is 35.5. The van der Waals surface area contributed by atoms with Crippen molar-refractivity contribution in [3.63, 3.8) is 0 Å². The van der Waals surface area contributed by atoms with Gasteiger partial charge < -0.3 is 15.2 Å². The Bertz CT molecular complexity index is 716. The maximum atomic E-state index is 12.6. The fourth-order valence-corrected chi connectivity index (χ4v) is 3.47. The quantitative estimate of drug-likeness (QED) is 0.883. The van der Waals surface area contributed by atoms with E-state index in [1.54, 1.807) is 12.1 Å². The molecule has 134 valence electrons. The van der Waals surface area contributed by atoms with Crippen LogP contribution >= 0.6 is 11.6 Å². The third kappa shape index (κ3) is 4.19. The van der Waals surface area contributed by atoms with E-state index < -0.39 is 0 Å². The Morgan fingerprint density at radius 2 is 2.16 bits per heavy atom. The molecule has 2 heterocycles. The lowest BCUT2D eigenvalue weighted by molar-refractivity contribution is -0.136. The summed E-state index contributed by atoms with van der Waals surface area (Å²) in [4.78, 5) is 18.9. The van der Waals surface area contributed by atoms with Gasteiger partial charge in [0.2, 0.25) is 17.6 Å². The summed E-state index contributed by atoms with van der Waals surface area (Å²) < 4.78 is 5.27. The van der Waals surface area contributed by atoms with Crippen molar-refractivity contribution in [2.75, 3.05) is 13.1 Å². The molecule has 1 fully saturated rings. The number of nitrogens with two attached hydrogens (primary N) is 1. The Kier molecular flexibility index (Phi) is 5.71. The first-order chi connectivity index (χ1) is 12.1. The molecule has 1 amide bonds. The summed E-state index contributed by atoms with van der Waals surface area (Å²) in [6.07, 6.45) is 2.94. The molecule has 1 aromatic carbocycles. The van der Waals surface area contributed by atoms with Gasteiger partial charge in [-0.05, 0) is 43.0 Å². The van der Waals surface area contributed by atoms with Gasteiger partial charge in [-0.1, -0.05) is 23.7 Å². The molecule has 1 aliphatic heterocycles. The second kappa shape index (κ2) is 7.97. The fourth-order valence-electron chi connectivity index (χ4n) is 3.35. The predicted octanol–water partition coefficient (Wildman–Crippen LogP) is 2.91. The maximum Gasteiger partial charge on any atom is 0.227 e. The molecule has 2 N–H and O–H groups in total. The minimum atomic E-state index is 0.105. The summed E-state index contributed by atoms with van der Waals surface area (Å²) in [6, 6.07) is 7.36. The fraction of sp³-hybridized carbons (Fsp3) is 0.500. The van der Waals surface area contributed by atoms with Crippen LogP contribution in [0.2, 0.25) is 5.02 Å². The number of aryl methyl sites for hydroxylation is 1. The van der Waals surface area contributed by atoms with Crippen LogP contribution in [0.3, 0.4) is 0 Å². The molecule has 2 aromatic rings. The summed E-state index contributed by atoms with van der Waals surface area (Å²) in [5.41, 5.74) is 6.70. The molecule has 1 aromatic heterocycles. The molecule has 0 aliphatic carbocycles. The number of piperidine rings is 1. The van der Waals surface area contributed by atoms with Gasteiger partial charge >= 0.3 is 0 Å². The van der Waals surface area contributed by atoms with Crippen LogP contribution in [0.1, 0.15) is 32.1 Å². The van der Waals surface area contributed by atoms with Crippen LogP contribution in [0.5, 0.6) is 0 Å². The third-order valence-corrected chi connectivity index (χ3v) is 5.05. The van der Waals surface area contributed by atoms with Crippen molar-refractivity contribution in [2.45, 2.75) is 38.6 Å². The van der Waals surface area contributed by atoms with E-state index >= 15 is 0 Å². The predicted molar refractivity (Wildman–Crippen MR) is 96.0 cm³/mol. The number of amides is 1. The first-order valence-corrected chi connectivity index (χ1v) is 9.04. The van der Waals surface area contributed by atoms with Gasteiger partial charge in [0.1, 0.15) is 0 Å². The molecule has 0 saturated carbocycles. The van der Waals surface area contributed by atoms with Gasteiger partial charge in [0.25, 0.3) is 0 Å². The minimum Gasteiger partial charge on any atom is -0.339 e. The van der Waals surface area contributed by atoms with E-state index in [0.29, 0.717) is 42.0 Å².